The minimum atomic E-state index is -0.221. The van der Waals surface area contributed by atoms with E-state index >= 15 is 0 Å². The summed E-state index contributed by atoms with van der Waals surface area (Å²) >= 11 is 4.75. The van der Waals surface area contributed by atoms with Gasteiger partial charge in [0, 0.05) is 17.1 Å². The molecule has 28 heavy (non-hydrogen) atoms. The number of ether oxygens (including phenoxy) is 1. The zero-order valence-corrected chi connectivity index (χ0v) is 17.7. The molecule has 3 rings (SSSR count). The molecule has 0 spiro atoms. The van der Waals surface area contributed by atoms with Crippen LogP contribution in [-0.2, 0) is 11.8 Å². The molecule has 7 nitrogen and oxygen atoms in total. The number of carbonyl (C=O) groups is 1. The Hall–Kier alpha value is -2.65. The van der Waals surface area contributed by atoms with Crippen LogP contribution in [0, 0.1) is 0 Å². The van der Waals surface area contributed by atoms with Gasteiger partial charge in [-0.2, -0.15) is 5.10 Å². The van der Waals surface area contributed by atoms with Crippen LogP contribution in [0.2, 0.25) is 0 Å². The van der Waals surface area contributed by atoms with Gasteiger partial charge >= 0.3 is 0 Å². The van der Waals surface area contributed by atoms with Gasteiger partial charge in [-0.1, -0.05) is 39.8 Å². The number of nitrogens with one attached hydrogen (secondary N) is 1. The van der Waals surface area contributed by atoms with E-state index in [4.69, 9.17) is 4.74 Å². The Labute approximate surface area is 175 Å². The lowest BCUT2D eigenvalue weighted by molar-refractivity contribution is -0.118. The molecule has 0 radical (unpaired) electrons. The second kappa shape index (κ2) is 9.52. The highest BCUT2D eigenvalue weighted by Gasteiger charge is 2.13. The van der Waals surface area contributed by atoms with Crippen molar-refractivity contribution in [3.63, 3.8) is 0 Å². The SMILES string of the molecule is COc1ccc(/C=N\NC(=O)CSc2nnc(-c3cccc(Br)c3)n2C)cc1. The van der Waals surface area contributed by atoms with E-state index in [0.717, 1.165) is 27.2 Å². The normalized spacial score (nSPS) is 11.0. The molecule has 3 aromatic rings. The number of carbonyl (C=O) groups excluding carboxylic acids is 1. The van der Waals surface area contributed by atoms with Crippen molar-refractivity contribution in [3.05, 3.63) is 58.6 Å². The highest BCUT2D eigenvalue weighted by Crippen LogP contribution is 2.24. The number of rotatable bonds is 7. The van der Waals surface area contributed by atoms with Crippen LogP contribution in [0.15, 0.2) is 63.3 Å². The first kappa shape index (κ1) is 20.1. The van der Waals surface area contributed by atoms with Crippen molar-refractivity contribution in [1.29, 1.82) is 0 Å². The molecule has 1 heterocycles. The standard InChI is InChI=1S/C19H18BrN5O2S/c1-25-18(14-4-3-5-15(20)10-14)23-24-19(25)28-12-17(26)22-21-11-13-6-8-16(27-2)9-7-13/h3-11H,12H2,1-2H3,(H,22,26)/b21-11-. The summed E-state index contributed by atoms with van der Waals surface area (Å²) in [6.45, 7) is 0. The lowest BCUT2D eigenvalue weighted by atomic mass is 10.2. The van der Waals surface area contributed by atoms with E-state index in [1.54, 1.807) is 13.3 Å². The van der Waals surface area contributed by atoms with Gasteiger partial charge in [0.15, 0.2) is 11.0 Å². The third-order valence-electron chi connectivity index (χ3n) is 3.77. The van der Waals surface area contributed by atoms with Crippen LogP contribution in [0.1, 0.15) is 5.56 Å². The summed E-state index contributed by atoms with van der Waals surface area (Å²) in [6, 6.07) is 15.2. The van der Waals surface area contributed by atoms with Gasteiger partial charge in [0.25, 0.3) is 5.91 Å². The van der Waals surface area contributed by atoms with Gasteiger partial charge in [-0.05, 0) is 42.0 Å². The zero-order chi connectivity index (χ0) is 19.9. The minimum Gasteiger partial charge on any atom is -0.497 e. The topological polar surface area (TPSA) is 81.4 Å². The van der Waals surface area contributed by atoms with Crippen LogP contribution in [0.25, 0.3) is 11.4 Å². The number of halogens is 1. The van der Waals surface area contributed by atoms with Crippen LogP contribution in [-0.4, -0.2) is 39.7 Å². The van der Waals surface area contributed by atoms with Gasteiger partial charge in [0.05, 0.1) is 19.1 Å². The summed E-state index contributed by atoms with van der Waals surface area (Å²) in [5, 5.41) is 13.0. The quantitative estimate of drug-likeness (QED) is 0.332. The molecule has 0 saturated heterocycles. The molecule has 0 saturated carbocycles. The Morgan fingerprint density at radius 1 is 1.29 bits per heavy atom. The van der Waals surface area contributed by atoms with E-state index in [1.165, 1.54) is 11.8 Å². The number of amides is 1. The van der Waals surface area contributed by atoms with Crippen molar-refractivity contribution >= 4 is 39.8 Å². The number of thioether (sulfide) groups is 1. The molecular formula is C19H18BrN5O2S. The van der Waals surface area contributed by atoms with Crippen LogP contribution in [0.4, 0.5) is 0 Å². The largest absolute Gasteiger partial charge is 0.497 e. The number of methoxy groups -OCH3 is 1. The highest BCUT2D eigenvalue weighted by atomic mass is 79.9. The molecule has 1 N–H and O–H groups in total. The van der Waals surface area contributed by atoms with E-state index < -0.39 is 0 Å². The molecule has 0 fully saturated rings. The van der Waals surface area contributed by atoms with Gasteiger partial charge in [-0.25, -0.2) is 5.43 Å². The summed E-state index contributed by atoms with van der Waals surface area (Å²) in [4.78, 5) is 12.0. The number of hydrogen-bond acceptors (Lipinski definition) is 6. The highest BCUT2D eigenvalue weighted by molar-refractivity contribution is 9.10. The third kappa shape index (κ3) is 5.20. The summed E-state index contributed by atoms with van der Waals surface area (Å²) in [5.41, 5.74) is 4.32. The van der Waals surface area contributed by atoms with Crippen molar-refractivity contribution in [2.24, 2.45) is 12.1 Å². The first-order chi connectivity index (χ1) is 13.6. The second-order valence-electron chi connectivity index (χ2n) is 5.73. The fraction of sp³-hybridized carbons (Fsp3) is 0.158. The first-order valence-electron chi connectivity index (χ1n) is 8.31. The van der Waals surface area contributed by atoms with E-state index in [9.17, 15) is 4.79 Å². The number of nitrogens with zero attached hydrogens (tertiary/aromatic N) is 4. The Kier molecular flexibility index (Phi) is 6.83. The van der Waals surface area contributed by atoms with Gasteiger partial charge < -0.3 is 9.30 Å². The summed E-state index contributed by atoms with van der Waals surface area (Å²) in [6.07, 6.45) is 1.58. The Bertz CT molecular complexity index is 988. The number of hydrogen-bond donors (Lipinski definition) is 1. The summed E-state index contributed by atoms with van der Waals surface area (Å²) in [7, 11) is 3.48. The predicted molar refractivity (Wildman–Crippen MR) is 114 cm³/mol. The third-order valence-corrected chi connectivity index (χ3v) is 5.28. The fourth-order valence-corrected chi connectivity index (χ4v) is 3.45. The maximum absolute atomic E-state index is 12.0. The van der Waals surface area contributed by atoms with E-state index in [1.807, 2.05) is 60.1 Å². The maximum atomic E-state index is 12.0. The van der Waals surface area contributed by atoms with Gasteiger partial charge in [-0.3, -0.25) is 4.79 Å². The summed E-state index contributed by atoms with van der Waals surface area (Å²) in [5.74, 6) is 1.47. The molecular weight excluding hydrogens is 442 g/mol. The molecule has 2 aromatic carbocycles. The fourth-order valence-electron chi connectivity index (χ4n) is 2.35. The summed E-state index contributed by atoms with van der Waals surface area (Å²) < 4.78 is 7.93. The number of benzene rings is 2. The lowest BCUT2D eigenvalue weighted by Crippen LogP contribution is -2.19. The van der Waals surface area contributed by atoms with E-state index in [0.29, 0.717) is 5.16 Å². The molecule has 0 atom stereocenters. The van der Waals surface area contributed by atoms with Crippen molar-refractivity contribution in [2.75, 3.05) is 12.9 Å². The van der Waals surface area contributed by atoms with Crippen molar-refractivity contribution < 1.29 is 9.53 Å². The van der Waals surface area contributed by atoms with Crippen LogP contribution in [0.3, 0.4) is 0 Å². The second-order valence-corrected chi connectivity index (χ2v) is 7.59. The van der Waals surface area contributed by atoms with Gasteiger partial charge in [0.2, 0.25) is 0 Å². The maximum Gasteiger partial charge on any atom is 0.250 e. The molecule has 0 aliphatic carbocycles. The van der Waals surface area contributed by atoms with Crippen molar-refractivity contribution in [3.8, 4) is 17.1 Å². The molecule has 0 unspecified atom stereocenters. The Morgan fingerprint density at radius 2 is 2.07 bits per heavy atom. The zero-order valence-electron chi connectivity index (χ0n) is 15.3. The number of hydrazone groups is 1. The predicted octanol–water partition coefficient (Wildman–Crippen LogP) is 3.50. The number of aromatic nitrogens is 3. The average molecular weight is 460 g/mol. The Balaban J connectivity index is 1.54. The average Bonchev–Trinajstić information content (AvgIpc) is 3.07. The van der Waals surface area contributed by atoms with E-state index in [-0.39, 0.29) is 11.7 Å². The van der Waals surface area contributed by atoms with Crippen LogP contribution >= 0.6 is 27.7 Å². The monoisotopic (exact) mass is 459 g/mol. The van der Waals surface area contributed by atoms with E-state index in [2.05, 4.69) is 36.7 Å². The van der Waals surface area contributed by atoms with Crippen molar-refractivity contribution in [2.45, 2.75) is 5.16 Å². The van der Waals surface area contributed by atoms with Crippen LogP contribution < -0.4 is 10.2 Å². The molecule has 0 aliphatic rings. The minimum absolute atomic E-state index is 0.185. The molecule has 1 aromatic heterocycles. The van der Waals surface area contributed by atoms with Gasteiger partial charge in [-0.15, -0.1) is 10.2 Å². The molecule has 9 heteroatoms. The van der Waals surface area contributed by atoms with Crippen molar-refractivity contribution in [1.82, 2.24) is 20.2 Å². The molecule has 0 bridgehead atoms. The molecule has 144 valence electrons. The lowest BCUT2D eigenvalue weighted by Gasteiger charge is -2.04. The Morgan fingerprint density at radius 3 is 2.79 bits per heavy atom. The smallest absolute Gasteiger partial charge is 0.250 e. The van der Waals surface area contributed by atoms with Crippen LogP contribution in [0.5, 0.6) is 5.75 Å². The first-order valence-corrected chi connectivity index (χ1v) is 10.1. The van der Waals surface area contributed by atoms with Gasteiger partial charge in [0.1, 0.15) is 5.75 Å². The molecule has 0 aliphatic heterocycles. The molecule has 1 amide bonds.